The number of anilines is 1. The highest BCUT2D eigenvalue weighted by Crippen LogP contribution is 2.28. The molecule has 3 N–H and O–H groups in total. The number of nitrogens with zero attached hydrogens (tertiary/aromatic N) is 2. The second kappa shape index (κ2) is 7.77. The molecule has 2 aliphatic rings. The van der Waals surface area contributed by atoms with E-state index in [0.717, 1.165) is 36.9 Å². The van der Waals surface area contributed by atoms with E-state index in [1.54, 1.807) is 6.20 Å². The molecule has 0 amide bonds. The molecule has 0 radical (unpaired) electrons. The summed E-state index contributed by atoms with van der Waals surface area (Å²) in [5.74, 6) is 1.13. The van der Waals surface area contributed by atoms with Crippen LogP contribution in [-0.2, 0) is 19.4 Å². The molecule has 0 unspecified atom stereocenters. The fourth-order valence-corrected chi connectivity index (χ4v) is 3.53. The van der Waals surface area contributed by atoms with E-state index in [-0.39, 0.29) is 0 Å². The number of aliphatic imine (C=N–C) groups is 1. The van der Waals surface area contributed by atoms with Gasteiger partial charge in [0.25, 0.3) is 0 Å². The van der Waals surface area contributed by atoms with Gasteiger partial charge in [0, 0.05) is 18.0 Å². The third-order valence-corrected chi connectivity index (χ3v) is 5.23. The molecule has 26 heavy (non-hydrogen) atoms. The number of benzene rings is 1. The normalized spacial score (nSPS) is 17.3. The number of aryl methyl sites for hydroxylation is 1. The van der Waals surface area contributed by atoms with Gasteiger partial charge in [-0.05, 0) is 73.8 Å². The van der Waals surface area contributed by atoms with E-state index in [4.69, 9.17) is 10.5 Å². The van der Waals surface area contributed by atoms with Crippen molar-refractivity contribution >= 4 is 11.6 Å². The topological polar surface area (TPSA) is 72.5 Å². The van der Waals surface area contributed by atoms with Gasteiger partial charge in [0.1, 0.15) is 6.10 Å². The molecule has 1 saturated carbocycles. The van der Waals surface area contributed by atoms with Crippen molar-refractivity contribution < 1.29 is 4.74 Å². The van der Waals surface area contributed by atoms with Gasteiger partial charge in [0.05, 0.1) is 6.54 Å². The van der Waals surface area contributed by atoms with E-state index in [1.165, 1.54) is 30.4 Å². The van der Waals surface area contributed by atoms with Crippen molar-refractivity contribution in [3.8, 4) is 5.88 Å². The molecule has 0 spiro atoms. The van der Waals surface area contributed by atoms with Crippen LogP contribution >= 0.6 is 0 Å². The SMILES string of the molecule is NC(=NCc1ccnc(OC2CCC2)c1)Nc1cccc2c1CCCC2. The molecule has 2 aliphatic carbocycles. The zero-order valence-electron chi connectivity index (χ0n) is 15.1. The maximum Gasteiger partial charge on any atom is 0.213 e. The first kappa shape index (κ1) is 16.9. The van der Waals surface area contributed by atoms with Gasteiger partial charge in [-0.2, -0.15) is 0 Å². The lowest BCUT2D eigenvalue weighted by atomic mass is 9.90. The van der Waals surface area contributed by atoms with E-state index in [2.05, 4.69) is 33.5 Å². The van der Waals surface area contributed by atoms with E-state index in [1.807, 2.05) is 12.1 Å². The summed E-state index contributed by atoms with van der Waals surface area (Å²) in [7, 11) is 0. The van der Waals surface area contributed by atoms with Crippen molar-refractivity contribution in [1.82, 2.24) is 4.98 Å². The molecule has 1 heterocycles. The molecule has 5 heteroatoms. The van der Waals surface area contributed by atoms with E-state index in [9.17, 15) is 0 Å². The van der Waals surface area contributed by atoms with Crippen molar-refractivity contribution in [3.63, 3.8) is 0 Å². The fourth-order valence-electron chi connectivity index (χ4n) is 3.53. The fraction of sp³-hybridized carbons (Fsp3) is 0.429. The Bertz CT molecular complexity index is 798. The zero-order chi connectivity index (χ0) is 17.8. The number of guanidine groups is 1. The van der Waals surface area contributed by atoms with Gasteiger partial charge < -0.3 is 15.8 Å². The smallest absolute Gasteiger partial charge is 0.213 e. The van der Waals surface area contributed by atoms with Gasteiger partial charge in [0.2, 0.25) is 5.88 Å². The molecule has 2 aromatic rings. The molecule has 0 atom stereocenters. The monoisotopic (exact) mass is 350 g/mol. The van der Waals surface area contributed by atoms with E-state index < -0.39 is 0 Å². The van der Waals surface area contributed by atoms with Crippen molar-refractivity contribution in [2.75, 3.05) is 5.32 Å². The van der Waals surface area contributed by atoms with Crippen molar-refractivity contribution in [1.29, 1.82) is 0 Å². The first-order valence-corrected chi connectivity index (χ1v) is 9.57. The first-order valence-electron chi connectivity index (χ1n) is 9.57. The summed E-state index contributed by atoms with van der Waals surface area (Å²) in [5, 5.41) is 3.29. The maximum absolute atomic E-state index is 6.13. The number of ether oxygens (including phenoxy) is 1. The average Bonchev–Trinajstić information content (AvgIpc) is 2.64. The molecular weight excluding hydrogens is 324 g/mol. The Balaban J connectivity index is 1.40. The van der Waals surface area contributed by atoms with Crippen molar-refractivity contribution in [2.45, 2.75) is 57.6 Å². The standard InChI is InChI=1S/C21H26N4O/c22-21(25-19-10-3-6-16-5-1-2-9-18(16)19)24-14-15-11-12-23-20(13-15)26-17-7-4-8-17/h3,6,10-13,17H,1-2,4-5,7-9,14H2,(H3,22,24,25). The summed E-state index contributed by atoms with van der Waals surface area (Å²) in [6.07, 6.45) is 10.4. The second-order valence-electron chi connectivity index (χ2n) is 7.15. The third kappa shape index (κ3) is 3.98. The largest absolute Gasteiger partial charge is 0.474 e. The zero-order valence-corrected chi connectivity index (χ0v) is 15.1. The summed E-state index contributed by atoms with van der Waals surface area (Å²) in [5.41, 5.74) is 11.1. The van der Waals surface area contributed by atoms with Crippen LogP contribution in [0.25, 0.3) is 0 Å². The minimum atomic E-state index is 0.331. The number of nitrogens with one attached hydrogen (secondary N) is 1. The Morgan fingerprint density at radius 1 is 1.19 bits per heavy atom. The van der Waals surface area contributed by atoms with Gasteiger partial charge >= 0.3 is 0 Å². The molecule has 136 valence electrons. The Kier molecular flexibility index (Phi) is 5.04. The van der Waals surface area contributed by atoms with Gasteiger partial charge in [0.15, 0.2) is 5.96 Å². The number of nitrogens with two attached hydrogens (primary N) is 1. The highest BCUT2D eigenvalue weighted by molar-refractivity contribution is 5.93. The number of pyridine rings is 1. The summed E-state index contributed by atoms with van der Waals surface area (Å²) in [6, 6.07) is 10.3. The van der Waals surface area contributed by atoms with Crippen LogP contribution in [0.5, 0.6) is 5.88 Å². The number of hydrogen-bond acceptors (Lipinski definition) is 3. The molecule has 1 fully saturated rings. The molecule has 1 aromatic heterocycles. The lowest BCUT2D eigenvalue weighted by Crippen LogP contribution is -2.25. The molecule has 0 saturated heterocycles. The first-order chi connectivity index (χ1) is 12.8. The lowest BCUT2D eigenvalue weighted by Gasteiger charge is -2.25. The quantitative estimate of drug-likeness (QED) is 0.635. The number of aromatic nitrogens is 1. The van der Waals surface area contributed by atoms with Crippen LogP contribution in [0, 0.1) is 0 Å². The summed E-state index contributed by atoms with van der Waals surface area (Å²) >= 11 is 0. The molecule has 5 nitrogen and oxygen atoms in total. The Morgan fingerprint density at radius 3 is 2.92 bits per heavy atom. The van der Waals surface area contributed by atoms with Crippen LogP contribution in [-0.4, -0.2) is 17.0 Å². The van der Waals surface area contributed by atoms with E-state index >= 15 is 0 Å². The number of rotatable bonds is 5. The third-order valence-electron chi connectivity index (χ3n) is 5.23. The summed E-state index contributed by atoms with van der Waals surface area (Å²) in [4.78, 5) is 8.78. The summed E-state index contributed by atoms with van der Waals surface area (Å²) in [6.45, 7) is 0.511. The number of fused-ring (bicyclic) bond motifs is 1. The Labute approximate surface area is 154 Å². The second-order valence-corrected chi connectivity index (χ2v) is 7.15. The number of hydrogen-bond donors (Lipinski definition) is 2. The van der Waals surface area contributed by atoms with Crippen molar-refractivity contribution in [3.05, 3.63) is 53.2 Å². The minimum absolute atomic E-state index is 0.331. The van der Waals surface area contributed by atoms with Crippen LogP contribution < -0.4 is 15.8 Å². The highest BCUT2D eigenvalue weighted by atomic mass is 16.5. The average molecular weight is 350 g/mol. The molecule has 0 bridgehead atoms. The van der Waals surface area contributed by atoms with Gasteiger partial charge in [-0.15, -0.1) is 0 Å². The van der Waals surface area contributed by atoms with Gasteiger partial charge in [-0.1, -0.05) is 12.1 Å². The van der Waals surface area contributed by atoms with Crippen LogP contribution in [0.3, 0.4) is 0 Å². The van der Waals surface area contributed by atoms with Crippen LogP contribution in [0.4, 0.5) is 5.69 Å². The van der Waals surface area contributed by atoms with Crippen LogP contribution in [0.15, 0.2) is 41.5 Å². The summed E-state index contributed by atoms with van der Waals surface area (Å²) < 4.78 is 5.85. The molecule has 1 aromatic carbocycles. The highest BCUT2D eigenvalue weighted by Gasteiger charge is 2.19. The van der Waals surface area contributed by atoms with Crippen molar-refractivity contribution in [2.24, 2.45) is 10.7 Å². The van der Waals surface area contributed by atoms with Crippen LogP contribution in [0.1, 0.15) is 48.8 Å². The maximum atomic E-state index is 6.13. The van der Waals surface area contributed by atoms with Gasteiger partial charge in [-0.25, -0.2) is 9.98 Å². The molecule has 4 rings (SSSR count). The minimum Gasteiger partial charge on any atom is -0.474 e. The van der Waals surface area contributed by atoms with E-state index in [0.29, 0.717) is 24.5 Å². The Hall–Kier alpha value is -2.56. The molecular formula is C21H26N4O. The lowest BCUT2D eigenvalue weighted by molar-refractivity contribution is 0.114. The Morgan fingerprint density at radius 2 is 2.08 bits per heavy atom. The van der Waals surface area contributed by atoms with Gasteiger partial charge in [-0.3, -0.25) is 0 Å². The molecule has 0 aliphatic heterocycles. The predicted molar refractivity (Wildman–Crippen MR) is 105 cm³/mol. The van der Waals surface area contributed by atoms with Crippen LogP contribution in [0.2, 0.25) is 0 Å². The predicted octanol–water partition coefficient (Wildman–Crippen LogP) is 3.82.